The van der Waals surface area contributed by atoms with Crippen LogP contribution in [0.1, 0.15) is 63.0 Å². The van der Waals surface area contributed by atoms with E-state index < -0.39 is 48.4 Å². The first kappa shape index (κ1) is 37.9. The number of nitrogens with one attached hydrogen (secondary N) is 1. The zero-order valence-electron chi connectivity index (χ0n) is 27.2. The molecule has 0 saturated heterocycles. The van der Waals surface area contributed by atoms with Crippen molar-refractivity contribution in [1.29, 1.82) is 0 Å². The lowest BCUT2D eigenvalue weighted by Gasteiger charge is -2.31. The lowest BCUT2D eigenvalue weighted by atomic mass is 9.80. The summed E-state index contributed by atoms with van der Waals surface area (Å²) in [5.74, 6) is -3.02. The maximum Gasteiger partial charge on any atom is 0.407 e. The van der Waals surface area contributed by atoms with Crippen LogP contribution in [0.3, 0.4) is 0 Å². The minimum atomic E-state index is -4.65. The first-order valence-corrected chi connectivity index (χ1v) is 16.6. The molecule has 0 spiro atoms. The van der Waals surface area contributed by atoms with E-state index in [1.165, 1.54) is 11.9 Å². The van der Waals surface area contributed by atoms with Gasteiger partial charge in [0.1, 0.15) is 6.04 Å². The quantitative estimate of drug-likeness (QED) is 0.0933. The number of aliphatic hydroxyl groups is 1. The van der Waals surface area contributed by atoms with Gasteiger partial charge in [-0.3, -0.25) is 4.79 Å². The number of ketones is 1. The van der Waals surface area contributed by atoms with Crippen molar-refractivity contribution < 1.29 is 32.6 Å². The first-order valence-electron chi connectivity index (χ1n) is 15.9. The number of rotatable bonds is 18. The maximum absolute atomic E-state index is 14.5. The summed E-state index contributed by atoms with van der Waals surface area (Å²) in [6.07, 6.45) is -5.38. The fourth-order valence-electron chi connectivity index (χ4n) is 5.46. The first-order chi connectivity index (χ1) is 22.4. The number of ether oxygens (including phenoxy) is 1. The zero-order chi connectivity index (χ0) is 34.4. The van der Waals surface area contributed by atoms with E-state index in [0.29, 0.717) is 35.7 Å². The van der Waals surface area contributed by atoms with E-state index in [1.807, 2.05) is 16.4 Å². The van der Waals surface area contributed by atoms with E-state index in [9.17, 15) is 27.9 Å². The van der Waals surface area contributed by atoms with E-state index in [0.717, 1.165) is 18.4 Å². The van der Waals surface area contributed by atoms with Gasteiger partial charge >= 0.3 is 12.3 Å². The Balaban J connectivity index is 1.80. The van der Waals surface area contributed by atoms with Gasteiger partial charge in [0.25, 0.3) is 0 Å². The number of hydrogen-bond acceptors (Lipinski definition) is 7. The molecule has 11 heteroatoms. The molecule has 7 nitrogen and oxygen atoms in total. The standard InChI is InChI=1S/C36H46F3N3O4S/c1-25(2)21-22-42(47-31-19-17-29(40)18-20-31)30(24-43)16-10-15-28(36(37,38)39)23-32(44)34(41-35(45)46-3)33(26-11-6-4-7-12-26)27-13-8-5-9-14-27/h4-9,11-14,17-20,25,28,30,33-34,43H,10,15-16,21-24,40H2,1-3H3,(H,41,45). The molecule has 0 heterocycles. The second-order valence-corrected chi connectivity index (χ2v) is 13.2. The number of nitrogen functional groups attached to an aromatic ring is 1. The zero-order valence-corrected chi connectivity index (χ0v) is 28.0. The van der Waals surface area contributed by atoms with Crippen molar-refractivity contribution >= 4 is 29.5 Å². The van der Waals surface area contributed by atoms with Crippen LogP contribution in [0.15, 0.2) is 89.8 Å². The highest BCUT2D eigenvalue weighted by atomic mass is 32.2. The van der Waals surface area contributed by atoms with Crippen molar-refractivity contribution in [2.24, 2.45) is 11.8 Å². The molecule has 3 atom stereocenters. The second kappa shape index (κ2) is 18.7. The maximum atomic E-state index is 14.5. The number of amides is 1. The number of anilines is 1. The largest absolute Gasteiger partial charge is 0.453 e. The summed E-state index contributed by atoms with van der Waals surface area (Å²) >= 11 is 1.45. The molecule has 0 aliphatic rings. The van der Waals surface area contributed by atoms with Crippen molar-refractivity contribution in [3.63, 3.8) is 0 Å². The second-order valence-electron chi connectivity index (χ2n) is 12.1. The molecule has 3 aromatic rings. The van der Waals surface area contributed by atoms with E-state index in [4.69, 9.17) is 10.5 Å². The topological polar surface area (TPSA) is 105 Å². The van der Waals surface area contributed by atoms with Gasteiger partial charge in [-0.2, -0.15) is 13.2 Å². The van der Waals surface area contributed by atoms with Crippen molar-refractivity contribution in [2.75, 3.05) is 26.0 Å². The molecule has 3 rings (SSSR count). The molecule has 0 saturated carbocycles. The number of nitrogens with two attached hydrogens (primary N) is 1. The molecule has 256 valence electrons. The van der Waals surface area contributed by atoms with Crippen LogP contribution < -0.4 is 11.1 Å². The van der Waals surface area contributed by atoms with E-state index in [1.54, 1.807) is 72.8 Å². The fraction of sp³-hybridized carbons (Fsp3) is 0.444. The molecule has 0 aliphatic heterocycles. The smallest absolute Gasteiger partial charge is 0.407 e. The fourth-order valence-corrected chi connectivity index (χ4v) is 6.51. The van der Waals surface area contributed by atoms with Crippen LogP contribution in [-0.4, -0.2) is 59.8 Å². The van der Waals surface area contributed by atoms with Crippen LogP contribution in [0.2, 0.25) is 0 Å². The number of Topliss-reactive ketones (excluding diaryl/α,β-unsaturated/α-hetero) is 1. The SMILES string of the molecule is COC(=O)NC(C(=O)CC(CCCC(CO)N(CCC(C)C)Sc1ccc(N)cc1)C(F)(F)F)C(c1ccccc1)c1ccccc1. The molecule has 47 heavy (non-hydrogen) atoms. The van der Waals surface area contributed by atoms with Gasteiger partial charge in [0.15, 0.2) is 5.78 Å². The summed E-state index contributed by atoms with van der Waals surface area (Å²) in [4.78, 5) is 27.2. The predicted molar refractivity (Wildman–Crippen MR) is 181 cm³/mol. The van der Waals surface area contributed by atoms with E-state index in [-0.39, 0.29) is 19.4 Å². The summed E-state index contributed by atoms with van der Waals surface area (Å²) in [5, 5.41) is 12.8. The highest BCUT2D eigenvalue weighted by Crippen LogP contribution is 2.37. The average Bonchev–Trinajstić information content (AvgIpc) is 3.05. The molecule has 0 aromatic heterocycles. The Bertz CT molecular complexity index is 1320. The molecular formula is C36H46F3N3O4S. The molecule has 0 bridgehead atoms. The van der Waals surface area contributed by atoms with Crippen molar-refractivity contribution in [3.05, 3.63) is 96.1 Å². The highest BCUT2D eigenvalue weighted by molar-refractivity contribution is 7.97. The Morgan fingerprint density at radius 2 is 1.49 bits per heavy atom. The normalized spacial score (nSPS) is 13.8. The third-order valence-corrected chi connectivity index (χ3v) is 9.30. The molecule has 0 aliphatic carbocycles. The molecule has 0 radical (unpaired) electrons. The summed E-state index contributed by atoms with van der Waals surface area (Å²) in [5.41, 5.74) is 7.79. The predicted octanol–water partition coefficient (Wildman–Crippen LogP) is 7.85. The number of alkyl carbamates (subject to hydrolysis) is 1. The van der Waals surface area contributed by atoms with Crippen molar-refractivity contribution in [3.8, 4) is 0 Å². The Hall–Kier alpha value is -3.54. The lowest BCUT2D eigenvalue weighted by Crippen LogP contribution is -2.46. The number of alkyl halides is 3. The van der Waals surface area contributed by atoms with Crippen molar-refractivity contribution in [1.82, 2.24) is 9.62 Å². The van der Waals surface area contributed by atoms with Crippen molar-refractivity contribution in [2.45, 2.75) is 75.0 Å². The summed E-state index contributed by atoms with van der Waals surface area (Å²) < 4.78 is 50.2. The monoisotopic (exact) mass is 673 g/mol. The Kier molecular flexibility index (Phi) is 15.1. The number of methoxy groups -OCH3 is 1. The molecular weight excluding hydrogens is 627 g/mol. The average molecular weight is 674 g/mol. The number of hydrogen-bond donors (Lipinski definition) is 3. The van der Waals surface area contributed by atoms with Gasteiger partial charge in [0.05, 0.1) is 19.6 Å². The van der Waals surface area contributed by atoms with Gasteiger partial charge in [0.2, 0.25) is 0 Å². The minimum absolute atomic E-state index is 0.138. The number of nitrogens with zero attached hydrogens (tertiary/aromatic N) is 1. The summed E-state index contributed by atoms with van der Waals surface area (Å²) in [7, 11) is 1.14. The molecule has 4 N–H and O–H groups in total. The van der Waals surface area contributed by atoms with E-state index >= 15 is 0 Å². The number of benzene rings is 3. The van der Waals surface area contributed by atoms with E-state index in [2.05, 4.69) is 19.2 Å². The minimum Gasteiger partial charge on any atom is -0.453 e. The summed E-state index contributed by atoms with van der Waals surface area (Å²) in [6, 6.07) is 23.4. The molecule has 1 amide bonds. The van der Waals surface area contributed by atoms with Gasteiger partial charge in [0, 0.05) is 35.5 Å². The van der Waals surface area contributed by atoms with Gasteiger partial charge in [-0.25, -0.2) is 9.10 Å². The van der Waals surface area contributed by atoms with Gasteiger partial charge < -0.3 is 20.9 Å². The number of carbonyl (C=O) groups is 2. The Labute approximate surface area is 280 Å². The van der Waals surface area contributed by atoms with Crippen LogP contribution in [0.25, 0.3) is 0 Å². The number of carbonyl (C=O) groups excluding carboxylic acids is 2. The number of halogens is 3. The summed E-state index contributed by atoms with van der Waals surface area (Å²) in [6.45, 7) is 4.60. The molecule has 3 unspecified atom stereocenters. The van der Waals surface area contributed by atoms with Gasteiger partial charge in [-0.05, 0) is 72.5 Å². The molecule has 0 fully saturated rings. The number of aliphatic hydroxyl groups excluding tert-OH is 1. The van der Waals surface area contributed by atoms with Crippen LogP contribution >= 0.6 is 11.9 Å². The van der Waals surface area contributed by atoms with Gasteiger partial charge in [-0.1, -0.05) is 80.9 Å². The lowest BCUT2D eigenvalue weighted by molar-refractivity contribution is -0.181. The third-order valence-electron chi connectivity index (χ3n) is 8.10. The third kappa shape index (κ3) is 12.2. The van der Waals surface area contributed by atoms with Crippen LogP contribution in [0.4, 0.5) is 23.7 Å². The Morgan fingerprint density at radius 3 is 1.98 bits per heavy atom. The van der Waals surface area contributed by atoms with Gasteiger partial charge in [-0.15, -0.1) is 0 Å². The Morgan fingerprint density at radius 1 is 0.915 bits per heavy atom. The molecule has 3 aromatic carbocycles. The highest BCUT2D eigenvalue weighted by Gasteiger charge is 2.43. The van der Waals surface area contributed by atoms with Crippen LogP contribution in [0, 0.1) is 11.8 Å². The van der Waals surface area contributed by atoms with Crippen LogP contribution in [0.5, 0.6) is 0 Å². The van der Waals surface area contributed by atoms with Crippen LogP contribution in [-0.2, 0) is 9.53 Å².